The number of aromatic nitrogens is 1. The minimum atomic E-state index is -0.324. The van der Waals surface area contributed by atoms with Crippen LogP contribution in [0.25, 0.3) is 0 Å². The summed E-state index contributed by atoms with van der Waals surface area (Å²) in [6.45, 7) is 0. The van der Waals surface area contributed by atoms with Crippen LogP contribution in [0.15, 0.2) is 47.3 Å². The Morgan fingerprint density at radius 3 is 2.57 bits per heavy atom. The van der Waals surface area contributed by atoms with E-state index >= 15 is 0 Å². The number of pyridine rings is 1. The zero-order valence-electron chi connectivity index (χ0n) is 13.0. The van der Waals surface area contributed by atoms with E-state index in [1.54, 1.807) is 12.1 Å². The fourth-order valence-electron chi connectivity index (χ4n) is 3.37. The van der Waals surface area contributed by atoms with Gasteiger partial charge >= 0.3 is 0 Å². The van der Waals surface area contributed by atoms with E-state index in [9.17, 15) is 4.79 Å². The largest absolute Gasteiger partial charge is 0.384 e. The standard InChI is InChI=1S/C18H22N4O/c19-17(20)14-10-11-16(22-18(14)23)21-15-9-5-4-8-13(15)12-6-2-1-3-7-12/h1-3,6-7,10-11,13,15H,4-5,8-9H2,(H3,19,20)(H2,21,22,23)/t13-,15+/m0/s1. The molecule has 2 aromatic rings. The molecule has 23 heavy (non-hydrogen) atoms. The molecule has 2 atom stereocenters. The first-order valence-corrected chi connectivity index (χ1v) is 8.04. The number of nitrogens with two attached hydrogens (primary N) is 1. The van der Waals surface area contributed by atoms with Gasteiger partial charge in [0.15, 0.2) is 0 Å². The quantitative estimate of drug-likeness (QED) is 0.516. The van der Waals surface area contributed by atoms with Crippen molar-refractivity contribution in [1.82, 2.24) is 4.98 Å². The van der Waals surface area contributed by atoms with Crippen LogP contribution in [0.4, 0.5) is 5.82 Å². The highest BCUT2D eigenvalue weighted by atomic mass is 16.1. The van der Waals surface area contributed by atoms with Gasteiger partial charge in [-0.25, -0.2) is 0 Å². The number of aromatic amines is 1. The van der Waals surface area contributed by atoms with Crippen LogP contribution in [0.2, 0.25) is 0 Å². The van der Waals surface area contributed by atoms with Gasteiger partial charge in [0.2, 0.25) is 0 Å². The molecule has 0 spiro atoms. The SMILES string of the molecule is N=C(N)c1ccc(N[C@@H]2CCCC[C@H]2c2ccccc2)[nH]c1=O. The van der Waals surface area contributed by atoms with Gasteiger partial charge in [-0.15, -0.1) is 0 Å². The first kappa shape index (κ1) is 15.3. The van der Waals surface area contributed by atoms with E-state index in [1.807, 2.05) is 6.07 Å². The Morgan fingerprint density at radius 2 is 1.87 bits per heavy atom. The number of nitrogen functional groups attached to an aromatic ring is 1. The summed E-state index contributed by atoms with van der Waals surface area (Å²) in [7, 11) is 0. The normalized spacial score (nSPS) is 20.9. The topological polar surface area (TPSA) is 94.8 Å². The van der Waals surface area contributed by atoms with Gasteiger partial charge in [-0.1, -0.05) is 43.2 Å². The van der Waals surface area contributed by atoms with Gasteiger partial charge in [0.25, 0.3) is 5.56 Å². The first-order valence-electron chi connectivity index (χ1n) is 8.04. The Balaban J connectivity index is 1.81. The third kappa shape index (κ3) is 3.44. The molecule has 3 rings (SSSR count). The second-order valence-electron chi connectivity index (χ2n) is 6.08. The van der Waals surface area contributed by atoms with E-state index < -0.39 is 0 Å². The molecule has 1 fully saturated rings. The molecule has 1 saturated carbocycles. The predicted octanol–water partition coefficient (Wildman–Crippen LogP) is 2.80. The van der Waals surface area contributed by atoms with Crippen molar-refractivity contribution < 1.29 is 0 Å². The van der Waals surface area contributed by atoms with Crippen molar-refractivity contribution in [3.8, 4) is 0 Å². The van der Waals surface area contributed by atoms with Gasteiger partial charge in [-0.2, -0.15) is 0 Å². The van der Waals surface area contributed by atoms with Crippen molar-refractivity contribution >= 4 is 11.7 Å². The van der Waals surface area contributed by atoms with Gasteiger partial charge < -0.3 is 16.0 Å². The molecule has 0 bridgehead atoms. The molecule has 0 saturated heterocycles. The molecule has 0 aliphatic heterocycles. The molecule has 0 amide bonds. The van der Waals surface area contributed by atoms with Crippen molar-refractivity contribution in [2.24, 2.45) is 5.73 Å². The summed E-state index contributed by atoms with van der Waals surface area (Å²) < 4.78 is 0. The van der Waals surface area contributed by atoms with Crippen molar-refractivity contribution in [3.63, 3.8) is 0 Å². The van der Waals surface area contributed by atoms with Gasteiger partial charge in [0, 0.05) is 12.0 Å². The van der Waals surface area contributed by atoms with E-state index in [-0.39, 0.29) is 17.0 Å². The molecule has 1 aromatic carbocycles. The Kier molecular flexibility index (Phi) is 4.46. The number of rotatable bonds is 4. The summed E-state index contributed by atoms with van der Waals surface area (Å²) in [5.74, 6) is 0.923. The highest BCUT2D eigenvalue weighted by Gasteiger charge is 2.26. The van der Waals surface area contributed by atoms with Crippen molar-refractivity contribution in [2.75, 3.05) is 5.32 Å². The lowest BCUT2D eigenvalue weighted by atomic mass is 9.80. The van der Waals surface area contributed by atoms with Gasteiger partial charge in [0.05, 0.1) is 5.56 Å². The minimum Gasteiger partial charge on any atom is -0.384 e. The monoisotopic (exact) mass is 310 g/mol. The van der Waals surface area contributed by atoms with Crippen LogP contribution in [0.3, 0.4) is 0 Å². The Bertz CT molecular complexity index is 738. The number of benzene rings is 1. The summed E-state index contributed by atoms with van der Waals surface area (Å²) in [6, 6.07) is 14.2. The van der Waals surface area contributed by atoms with E-state index in [2.05, 4.69) is 34.6 Å². The van der Waals surface area contributed by atoms with Crippen LogP contribution >= 0.6 is 0 Å². The summed E-state index contributed by atoms with van der Waals surface area (Å²) in [4.78, 5) is 14.7. The van der Waals surface area contributed by atoms with Gasteiger partial charge in [-0.3, -0.25) is 10.2 Å². The number of hydrogen-bond donors (Lipinski definition) is 4. The molecule has 1 aromatic heterocycles. The van der Waals surface area contributed by atoms with Crippen molar-refractivity contribution in [1.29, 1.82) is 5.41 Å². The second-order valence-corrected chi connectivity index (χ2v) is 6.08. The second kappa shape index (κ2) is 6.69. The first-order chi connectivity index (χ1) is 11.1. The van der Waals surface area contributed by atoms with E-state index in [0.29, 0.717) is 17.8 Å². The lowest BCUT2D eigenvalue weighted by Gasteiger charge is -2.33. The summed E-state index contributed by atoms with van der Waals surface area (Å²) in [5.41, 5.74) is 6.61. The molecule has 5 heteroatoms. The molecule has 1 aliphatic carbocycles. The summed E-state index contributed by atoms with van der Waals surface area (Å²) in [5, 5.41) is 10.9. The molecule has 5 N–H and O–H groups in total. The van der Waals surface area contributed by atoms with Crippen LogP contribution in [0.1, 0.15) is 42.7 Å². The van der Waals surface area contributed by atoms with Crippen LogP contribution in [-0.4, -0.2) is 16.9 Å². The van der Waals surface area contributed by atoms with E-state index in [0.717, 1.165) is 12.8 Å². The summed E-state index contributed by atoms with van der Waals surface area (Å²) >= 11 is 0. The fourth-order valence-corrected chi connectivity index (χ4v) is 3.37. The van der Waals surface area contributed by atoms with Crippen LogP contribution in [0.5, 0.6) is 0 Å². The Morgan fingerprint density at radius 1 is 1.13 bits per heavy atom. The maximum Gasteiger partial charge on any atom is 0.260 e. The molecule has 1 aliphatic rings. The van der Waals surface area contributed by atoms with E-state index in [4.69, 9.17) is 11.1 Å². The molecule has 5 nitrogen and oxygen atoms in total. The molecule has 120 valence electrons. The maximum absolute atomic E-state index is 12.0. The summed E-state index contributed by atoms with van der Waals surface area (Å²) in [6.07, 6.45) is 4.65. The molecule has 1 heterocycles. The average Bonchev–Trinajstić information content (AvgIpc) is 2.56. The molecule has 0 radical (unpaired) electrons. The van der Waals surface area contributed by atoms with Gasteiger partial charge in [-0.05, 0) is 30.5 Å². The van der Waals surface area contributed by atoms with E-state index in [1.165, 1.54) is 18.4 Å². The van der Waals surface area contributed by atoms with Crippen LogP contribution < -0.4 is 16.6 Å². The predicted molar refractivity (Wildman–Crippen MR) is 93.1 cm³/mol. The lowest BCUT2D eigenvalue weighted by Crippen LogP contribution is -2.32. The number of anilines is 1. The number of hydrogen-bond acceptors (Lipinski definition) is 3. The van der Waals surface area contributed by atoms with Crippen molar-refractivity contribution in [3.05, 3.63) is 63.9 Å². The Hall–Kier alpha value is -2.56. The molecular weight excluding hydrogens is 288 g/mol. The number of H-pyrrole nitrogens is 1. The smallest absolute Gasteiger partial charge is 0.260 e. The van der Waals surface area contributed by atoms with Crippen LogP contribution in [0, 0.1) is 5.41 Å². The van der Waals surface area contributed by atoms with Gasteiger partial charge in [0.1, 0.15) is 11.7 Å². The fraction of sp³-hybridized carbons (Fsp3) is 0.333. The zero-order chi connectivity index (χ0) is 16.2. The maximum atomic E-state index is 12.0. The van der Waals surface area contributed by atoms with Crippen LogP contribution in [-0.2, 0) is 0 Å². The third-order valence-corrected chi connectivity index (χ3v) is 4.53. The molecule has 0 unspecified atom stereocenters. The highest BCUT2D eigenvalue weighted by Crippen LogP contribution is 2.34. The minimum absolute atomic E-state index is 0.207. The zero-order valence-corrected chi connectivity index (χ0v) is 13.0. The molecular formula is C18H22N4O. The highest BCUT2D eigenvalue weighted by molar-refractivity contribution is 5.94. The number of amidine groups is 1. The average molecular weight is 310 g/mol. The van der Waals surface area contributed by atoms with Crippen molar-refractivity contribution in [2.45, 2.75) is 37.6 Å². The number of nitrogens with one attached hydrogen (secondary N) is 3. The lowest BCUT2D eigenvalue weighted by molar-refractivity contribution is 0.404. The third-order valence-electron chi connectivity index (χ3n) is 4.53. The Labute approximate surface area is 135 Å².